The van der Waals surface area contributed by atoms with Crippen LogP contribution < -0.4 is 20.7 Å². The number of nitrogen functional groups attached to an aromatic ring is 1. The Morgan fingerprint density at radius 1 is 1.50 bits per heavy atom. The molecular weight excluding hydrogens is 276 g/mol. The first-order valence-corrected chi connectivity index (χ1v) is 7.08. The number of rotatable bonds is 4. The van der Waals surface area contributed by atoms with Crippen LogP contribution in [0, 0.1) is 0 Å². The van der Waals surface area contributed by atoms with Crippen LogP contribution in [0.1, 0.15) is 25.1 Å². The van der Waals surface area contributed by atoms with Crippen LogP contribution in [0.3, 0.4) is 0 Å². The number of aromatic nitrogens is 2. The van der Waals surface area contributed by atoms with E-state index in [2.05, 4.69) is 34.9 Å². The van der Waals surface area contributed by atoms with Gasteiger partial charge in [0.2, 0.25) is 0 Å². The largest absolute Gasteiger partial charge is 0.483 e. The predicted molar refractivity (Wildman–Crippen MR) is 76.9 cm³/mol. The number of hydrogen-bond donors (Lipinski definition) is 2. The lowest BCUT2D eigenvalue weighted by molar-refractivity contribution is 0.131. The Hall–Kier alpha value is -1.86. The van der Waals surface area contributed by atoms with Gasteiger partial charge in [-0.15, -0.1) is 5.10 Å². The minimum absolute atomic E-state index is 0.187. The molecule has 0 fully saturated rings. The fourth-order valence-corrected chi connectivity index (χ4v) is 2.74. The van der Waals surface area contributed by atoms with Crippen LogP contribution in [0.25, 0.3) is 0 Å². The number of nitrogens with zero attached hydrogens (tertiary/aromatic N) is 2. The number of para-hydroxylation sites is 1. The molecule has 3 N–H and O–H groups in total. The highest BCUT2D eigenvalue weighted by atomic mass is 32.1. The summed E-state index contributed by atoms with van der Waals surface area (Å²) in [6.07, 6.45) is 0.882. The summed E-state index contributed by atoms with van der Waals surface area (Å²) < 4.78 is 15.6. The average Bonchev–Trinajstić information content (AvgIpc) is 2.97. The van der Waals surface area contributed by atoms with E-state index in [0.717, 1.165) is 17.9 Å². The van der Waals surface area contributed by atoms with E-state index < -0.39 is 0 Å². The second kappa shape index (κ2) is 4.92. The van der Waals surface area contributed by atoms with E-state index in [9.17, 15) is 0 Å². The standard InChI is InChI=1S/C13H16N4O2S/c1-13(2)6-8-4-3-5-10(11(8)19-13)18-7-9-12(15-14)20-17-16-9/h3-5,15H,6-7,14H2,1-2H3. The summed E-state index contributed by atoms with van der Waals surface area (Å²) in [6, 6.07) is 5.93. The van der Waals surface area contributed by atoms with Crippen molar-refractivity contribution in [1.29, 1.82) is 0 Å². The number of nitrogens with one attached hydrogen (secondary N) is 1. The van der Waals surface area contributed by atoms with Gasteiger partial charge >= 0.3 is 0 Å². The number of benzene rings is 1. The van der Waals surface area contributed by atoms with E-state index >= 15 is 0 Å². The molecule has 0 amide bonds. The normalized spacial score (nSPS) is 15.6. The van der Waals surface area contributed by atoms with Crippen molar-refractivity contribution >= 4 is 16.5 Å². The molecule has 2 aromatic rings. The van der Waals surface area contributed by atoms with Gasteiger partial charge in [0.15, 0.2) is 16.5 Å². The van der Waals surface area contributed by atoms with Gasteiger partial charge in [0.05, 0.1) is 0 Å². The summed E-state index contributed by atoms with van der Waals surface area (Å²) in [6.45, 7) is 4.44. The Kier molecular flexibility index (Phi) is 3.23. The summed E-state index contributed by atoms with van der Waals surface area (Å²) in [5.41, 5.74) is 4.23. The number of fused-ring (bicyclic) bond motifs is 1. The third-order valence-corrected chi connectivity index (χ3v) is 3.81. The van der Waals surface area contributed by atoms with Crippen molar-refractivity contribution in [2.24, 2.45) is 5.84 Å². The van der Waals surface area contributed by atoms with Crippen LogP contribution in [0.15, 0.2) is 18.2 Å². The second-order valence-corrected chi connectivity index (χ2v) is 6.02. The zero-order valence-electron chi connectivity index (χ0n) is 11.3. The Morgan fingerprint density at radius 3 is 3.15 bits per heavy atom. The summed E-state index contributed by atoms with van der Waals surface area (Å²) in [5.74, 6) is 6.94. The molecule has 1 aliphatic rings. The maximum Gasteiger partial charge on any atom is 0.165 e. The third kappa shape index (κ3) is 2.41. The molecule has 0 bridgehead atoms. The topological polar surface area (TPSA) is 82.3 Å². The van der Waals surface area contributed by atoms with Crippen molar-refractivity contribution < 1.29 is 9.47 Å². The van der Waals surface area contributed by atoms with Crippen LogP contribution >= 0.6 is 11.5 Å². The first-order valence-electron chi connectivity index (χ1n) is 6.30. The Bertz CT molecular complexity index is 627. The van der Waals surface area contributed by atoms with Crippen molar-refractivity contribution in [1.82, 2.24) is 9.59 Å². The van der Waals surface area contributed by atoms with E-state index in [4.69, 9.17) is 15.3 Å². The molecule has 0 saturated carbocycles. The molecule has 0 saturated heterocycles. The molecular formula is C13H16N4O2S. The van der Waals surface area contributed by atoms with Gasteiger partial charge in [0.1, 0.15) is 17.9 Å². The lowest BCUT2D eigenvalue weighted by atomic mass is 10.0. The minimum atomic E-state index is -0.187. The number of ether oxygens (including phenoxy) is 2. The third-order valence-electron chi connectivity index (χ3n) is 3.11. The Labute approximate surface area is 121 Å². The van der Waals surface area contributed by atoms with Crippen molar-refractivity contribution in [3.8, 4) is 11.5 Å². The van der Waals surface area contributed by atoms with Crippen molar-refractivity contribution in [2.45, 2.75) is 32.5 Å². The SMILES string of the molecule is CC1(C)Cc2cccc(OCc3nnsc3NN)c2O1. The monoisotopic (exact) mass is 292 g/mol. The van der Waals surface area contributed by atoms with Gasteiger partial charge in [-0.1, -0.05) is 16.6 Å². The molecule has 1 aromatic heterocycles. The highest BCUT2D eigenvalue weighted by molar-refractivity contribution is 7.10. The molecule has 1 aliphatic heterocycles. The van der Waals surface area contributed by atoms with Gasteiger partial charge in [-0.3, -0.25) is 0 Å². The Balaban J connectivity index is 1.78. The van der Waals surface area contributed by atoms with Crippen molar-refractivity contribution in [3.05, 3.63) is 29.5 Å². The molecule has 0 spiro atoms. The fourth-order valence-electron chi connectivity index (χ4n) is 2.26. The number of hydrazine groups is 1. The number of hydrogen-bond acceptors (Lipinski definition) is 7. The summed E-state index contributed by atoms with van der Waals surface area (Å²) in [7, 11) is 0. The maximum atomic E-state index is 5.95. The van der Waals surface area contributed by atoms with E-state index in [1.54, 1.807) is 0 Å². The smallest absolute Gasteiger partial charge is 0.165 e. The summed E-state index contributed by atoms with van der Waals surface area (Å²) in [5, 5.41) is 4.69. The van der Waals surface area contributed by atoms with Crippen LogP contribution in [-0.2, 0) is 13.0 Å². The number of nitrogens with two attached hydrogens (primary N) is 1. The minimum Gasteiger partial charge on any atom is -0.483 e. The highest BCUT2D eigenvalue weighted by Crippen LogP contribution is 2.42. The summed E-state index contributed by atoms with van der Waals surface area (Å²) in [4.78, 5) is 0. The lowest BCUT2D eigenvalue weighted by Crippen LogP contribution is -2.24. The molecule has 0 unspecified atom stereocenters. The average molecular weight is 292 g/mol. The Morgan fingerprint density at radius 2 is 2.35 bits per heavy atom. The predicted octanol–water partition coefficient (Wildman–Crippen LogP) is 2.12. The van der Waals surface area contributed by atoms with E-state index in [-0.39, 0.29) is 5.60 Å². The highest BCUT2D eigenvalue weighted by Gasteiger charge is 2.32. The van der Waals surface area contributed by atoms with E-state index in [1.165, 1.54) is 17.1 Å². The van der Waals surface area contributed by atoms with Gasteiger partial charge < -0.3 is 14.9 Å². The number of anilines is 1. The first-order chi connectivity index (χ1) is 9.59. The van der Waals surface area contributed by atoms with E-state index in [0.29, 0.717) is 17.3 Å². The molecule has 3 rings (SSSR count). The van der Waals surface area contributed by atoms with Gasteiger partial charge in [0.25, 0.3) is 0 Å². The van der Waals surface area contributed by atoms with E-state index in [1.807, 2.05) is 12.1 Å². The zero-order valence-corrected chi connectivity index (χ0v) is 12.2. The van der Waals surface area contributed by atoms with Gasteiger partial charge in [-0.05, 0) is 19.9 Å². The molecule has 106 valence electrons. The molecule has 6 nitrogen and oxygen atoms in total. The van der Waals surface area contributed by atoms with Crippen LogP contribution in [-0.4, -0.2) is 15.2 Å². The summed E-state index contributed by atoms with van der Waals surface area (Å²) >= 11 is 1.20. The quantitative estimate of drug-likeness (QED) is 0.663. The van der Waals surface area contributed by atoms with Crippen LogP contribution in [0.4, 0.5) is 5.00 Å². The van der Waals surface area contributed by atoms with Gasteiger partial charge in [-0.2, -0.15) is 0 Å². The molecule has 7 heteroatoms. The molecule has 20 heavy (non-hydrogen) atoms. The van der Waals surface area contributed by atoms with Gasteiger partial charge in [-0.25, -0.2) is 5.84 Å². The molecule has 1 aromatic carbocycles. The van der Waals surface area contributed by atoms with Gasteiger partial charge in [0, 0.05) is 23.5 Å². The van der Waals surface area contributed by atoms with Crippen molar-refractivity contribution in [2.75, 3.05) is 5.43 Å². The molecule has 0 aliphatic carbocycles. The zero-order chi connectivity index (χ0) is 14.2. The second-order valence-electron chi connectivity index (χ2n) is 5.26. The molecule has 2 heterocycles. The molecule has 0 radical (unpaired) electrons. The lowest BCUT2D eigenvalue weighted by Gasteiger charge is -2.18. The van der Waals surface area contributed by atoms with Crippen molar-refractivity contribution in [3.63, 3.8) is 0 Å². The maximum absolute atomic E-state index is 5.95. The van der Waals surface area contributed by atoms with Crippen LogP contribution in [0.5, 0.6) is 11.5 Å². The van der Waals surface area contributed by atoms with Crippen LogP contribution in [0.2, 0.25) is 0 Å². The first kappa shape index (κ1) is 13.1. The molecule has 0 atom stereocenters. The fraction of sp³-hybridized carbons (Fsp3) is 0.385.